The predicted octanol–water partition coefficient (Wildman–Crippen LogP) is 4.31. The molecule has 1 aliphatic rings. The third-order valence-corrected chi connectivity index (χ3v) is 5.63. The quantitative estimate of drug-likeness (QED) is 0.346. The van der Waals surface area contributed by atoms with Crippen LogP contribution in [0.2, 0.25) is 0 Å². The number of nitrogens with one attached hydrogen (secondary N) is 1. The van der Waals surface area contributed by atoms with E-state index in [-0.39, 0.29) is 43.1 Å². The highest BCUT2D eigenvalue weighted by Crippen LogP contribution is 2.34. The summed E-state index contributed by atoms with van der Waals surface area (Å²) >= 11 is 0. The lowest BCUT2D eigenvalue weighted by Gasteiger charge is -2.29. The van der Waals surface area contributed by atoms with Crippen molar-refractivity contribution in [3.05, 3.63) is 77.2 Å². The molecule has 0 spiro atoms. The molecule has 1 aliphatic heterocycles. The second-order valence-electron chi connectivity index (χ2n) is 8.35. The van der Waals surface area contributed by atoms with Gasteiger partial charge in [-0.2, -0.15) is 0 Å². The summed E-state index contributed by atoms with van der Waals surface area (Å²) in [5.41, 5.74) is 1.96. The van der Waals surface area contributed by atoms with Crippen molar-refractivity contribution in [3.63, 3.8) is 0 Å². The van der Waals surface area contributed by atoms with Crippen LogP contribution in [0.5, 0.6) is 11.5 Å². The number of Topliss-reactive ketones (excluding diaryl/α,β-unsaturated/α-hetero) is 1. The Morgan fingerprint density at radius 3 is 2.66 bits per heavy atom. The van der Waals surface area contributed by atoms with E-state index in [4.69, 9.17) is 13.9 Å². The number of hydrogen-bond acceptors (Lipinski definition) is 6. The fraction of sp³-hybridized carbons (Fsp3) is 0.296. The van der Waals surface area contributed by atoms with Gasteiger partial charge < -0.3 is 19.2 Å². The van der Waals surface area contributed by atoms with Crippen molar-refractivity contribution >= 4 is 23.3 Å². The van der Waals surface area contributed by atoms with Gasteiger partial charge in [-0.25, -0.2) is 0 Å². The molecule has 4 rings (SSSR count). The minimum Gasteiger partial charge on any atom is -0.485 e. The second kappa shape index (κ2) is 10.9. The van der Waals surface area contributed by atoms with E-state index in [0.717, 1.165) is 18.4 Å². The molecule has 182 valence electrons. The number of anilines is 1. The van der Waals surface area contributed by atoms with Crippen LogP contribution >= 0.6 is 0 Å². The Labute approximate surface area is 203 Å². The van der Waals surface area contributed by atoms with Gasteiger partial charge in [-0.15, -0.1) is 0 Å². The van der Waals surface area contributed by atoms with Crippen LogP contribution in [0.1, 0.15) is 52.0 Å². The zero-order chi connectivity index (χ0) is 24.8. The molecule has 0 saturated heterocycles. The molecule has 0 aliphatic carbocycles. The van der Waals surface area contributed by atoms with Crippen molar-refractivity contribution in [2.24, 2.45) is 0 Å². The summed E-state index contributed by atoms with van der Waals surface area (Å²) in [7, 11) is 0. The summed E-state index contributed by atoms with van der Waals surface area (Å²) in [4.78, 5) is 39.2. The Hall–Kier alpha value is -4.07. The first kappa shape index (κ1) is 24.1. The topological polar surface area (TPSA) is 98.1 Å². The molecule has 3 aromatic rings. The van der Waals surface area contributed by atoms with E-state index in [1.54, 1.807) is 30.3 Å². The summed E-state index contributed by atoms with van der Waals surface area (Å²) in [5.74, 6) is 0.943. The fourth-order valence-corrected chi connectivity index (χ4v) is 3.62. The number of benzene rings is 2. The van der Waals surface area contributed by atoms with E-state index < -0.39 is 0 Å². The van der Waals surface area contributed by atoms with Crippen LogP contribution in [0.4, 0.5) is 5.69 Å². The van der Waals surface area contributed by atoms with Crippen LogP contribution in [0.25, 0.3) is 0 Å². The van der Waals surface area contributed by atoms with Gasteiger partial charge in [0.05, 0.1) is 12.2 Å². The first-order valence-electron chi connectivity index (χ1n) is 11.6. The highest BCUT2D eigenvalue weighted by molar-refractivity contribution is 6.02. The summed E-state index contributed by atoms with van der Waals surface area (Å²) in [6.45, 7) is 4.45. The maximum absolute atomic E-state index is 12.8. The van der Waals surface area contributed by atoms with Crippen molar-refractivity contribution in [2.45, 2.75) is 33.2 Å². The van der Waals surface area contributed by atoms with E-state index in [2.05, 4.69) is 5.32 Å². The zero-order valence-electron chi connectivity index (χ0n) is 19.8. The Kier molecular flexibility index (Phi) is 7.50. The Morgan fingerprint density at radius 2 is 1.89 bits per heavy atom. The van der Waals surface area contributed by atoms with Gasteiger partial charge in [0.15, 0.2) is 24.8 Å². The van der Waals surface area contributed by atoms with Gasteiger partial charge in [0.2, 0.25) is 0 Å². The molecule has 1 aromatic heterocycles. The van der Waals surface area contributed by atoms with Crippen LogP contribution in [0.3, 0.4) is 0 Å². The minimum atomic E-state index is -0.292. The first-order valence-corrected chi connectivity index (χ1v) is 11.6. The second-order valence-corrected chi connectivity index (χ2v) is 8.35. The van der Waals surface area contributed by atoms with Crippen LogP contribution < -0.4 is 19.7 Å². The molecule has 0 fully saturated rings. The molecule has 0 radical (unpaired) electrons. The van der Waals surface area contributed by atoms with Gasteiger partial charge in [-0.3, -0.25) is 19.3 Å². The number of ketones is 1. The highest BCUT2D eigenvalue weighted by atomic mass is 16.5. The van der Waals surface area contributed by atoms with Crippen LogP contribution in [-0.4, -0.2) is 37.4 Å². The number of nitrogens with zero attached hydrogens (tertiary/aromatic N) is 1. The molecular weight excluding hydrogens is 448 g/mol. The number of carbonyl (C=O) groups is 3. The third kappa shape index (κ3) is 5.90. The lowest BCUT2D eigenvalue weighted by atomic mass is 10.1. The number of hydrogen-bond donors (Lipinski definition) is 1. The third-order valence-electron chi connectivity index (χ3n) is 5.63. The van der Waals surface area contributed by atoms with E-state index in [0.29, 0.717) is 35.1 Å². The molecule has 0 bridgehead atoms. The maximum atomic E-state index is 12.8. The van der Waals surface area contributed by atoms with Crippen molar-refractivity contribution in [2.75, 3.05) is 24.7 Å². The molecule has 2 amide bonds. The normalized spacial score (nSPS) is 12.6. The molecule has 0 atom stereocenters. The monoisotopic (exact) mass is 476 g/mol. The molecule has 0 saturated carbocycles. The summed E-state index contributed by atoms with van der Waals surface area (Å²) < 4.78 is 16.8. The minimum absolute atomic E-state index is 0.106. The number of rotatable bonds is 10. The molecule has 2 aromatic carbocycles. The number of amides is 2. The molecule has 2 heterocycles. The first-order chi connectivity index (χ1) is 16.9. The predicted molar refractivity (Wildman–Crippen MR) is 130 cm³/mol. The largest absolute Gasteiger partial charge is 0.485 e. The van der Waals surface area contributed by atoms with Gasteiger partial charge in [0.25, 0.3) is 11.8 Å². The average molecular weight is 477 g/mol. The van der Waals surface area contributed by atoms with Gasteiger partial charge >= 0.3 is 0 Å². The molecule has 8 nitrogen and oxygen atoms in total. The Morgan fingerprint density at radius 1 is 1.09 bits per heavy atom. The van der Waals surface area contributed by atoms with Crippen molar-refractivity contribution in [1.29, 1.82) is 0 Å². The molecule has 1 N–H and O–H groups in total. The summed E-state index contributed by atoms with van der Waals surface area (Å²) in [6, 6.07) is 15.6. The van der Waals surface area contributed by atoms with Crippen molar-refractivity contribution < 1.29 is 28.3 Å². The number of furan rings is 1. The van der Waals surface area contributed by atoms with Gasteiger partial charge in [0.1, 0.15) is 17.3 Å². The van der Waals surface area contributed by atoms with Crippen LogP contribution in [0.15, 0.2) is 59.0 Å². The number of unbranched alkanes of at least 4 members (excludes halogenated alkanes) is 1. The Bertz CT molecular complexity index is 1210. The van der Waals surface area contributed by atoms with Crippen LogP contribution in [-0.2, 0) is 11.3 Å². The maximum Gasteiger partial charge on any atom is 0.286 e. The summed E-state index contributed by atoms with van der Waals surface area (Å²) in [6.07, 6.45) is 1.86. The molecule has 8 heteroatoms. The van der Waals surface area contributed by atoms with Crippen molar-refractivity contribution in [1.82, 2.24) is 5.32 Å². The smallest absolute Gasteiger partial charge is 0.286 e. The van der Waals surface area contributed by atoms with Gasteiger partial charge in [-0.05, 0) is 55.8 Å². The number of fused-ring (bicyclic) bond motifs is 1. The van der Waals surface area contributed by atoms with Gasteiger partial charge in [-0.1, -0.05) is 31.0 Å². The molecular formula is C27H28N2O6. The molecule has 0 unspecified atom stereocenters. The number of ether oxygens (including phenoxy) is 2. The number of carbonyl (C=O) groups excluding carboxylic acids is 3. The van der Waals surface area contributed by atoms with E-state index >= 15 is 0 Å². The van der Waals surface area contributed by atoms with E-state index in [9.17, 15) is 14.4 Å². The number of aryl methyl sites for hydroxylation is 1. The Balaban J connectivity index is 1.46. The van der Waals surface area contributed by atoms with E-state index in [1.807, 2.05) is 38.1 Å². The highest BCUT2D eigenvalue weighted by Gasteiger charge is 2.28. The fourth-order valence-electron chi connectivity index (χ4n) is 3.62. The standard InChI is InChI=1S/C27H28N2O6/c1-3-4-13-28-27(32)25-12-10-21(35-25)15-29-22-14-19(7-11-24(22)34-17-26(29)31)23(30)16-33-20-8-5-18(2)6-9-20/h5-12,14H,3-4,13,15-17H2,1-2H3,(H,28,32). The average Bonchev–Trinajstić information content (AvgIpc) is 3.34. The SMILES string of the molecule is CCCCNC(=O)c1ccc(CN2C(=O)COc3ccc(C(=O)COc4ccc(C)cc4)cc32)o1. The van der Waals surface area contributed by atoms with Gasteiger partial charge in [0, 0.05) is 12.1 Å². The lowest BCUT2D eigenvalue weighted by molar-refractivity contribution is -0.121. The van der Waals surface area contributed by atoms with Crippen LogP contribution in [0, 0.1) is 6.92 Å². The van der Waals surface area contributed by atoms with Crippen molar-refractivity contribution in [3.8, 4) is 11.5 Å². The molecule has 35 heavy (non-hydrogen) atoms. The lowest BCUT2D eigenvalue weighted by Crippen LogP contribution is -2.38. The van der Waals surface area contributed by atoms with E-state index in [1.165, 1.54) is 4.90 Å². The zero-order valence-corrected chi connectivity index (χ0v) is 19.8. The summed E-state index contributed by atoms with van der Waals surface area (Å²) in [5, 5.41) is 2.81.